The molecule has 1 saturated carbocycles. The van der Waals surface area contributed by atoms with Crippen LogP contribution in [0.1, 0.15) is 43.7 Å². The van der Waals surface area contributed by atoms with E-state index in [2.05, 4.69) is 12.2 Å². The van der Waals surface area contributed by atoms with Crippen molar-refractivity contribution < 1.29 is 9.90 Å². The maximum atomic E-state index is 10.9. The Morgan fingerprint density at radius 1 is 1.33 bits per heavy atom. The Kier molecular flexibility index (Phi) is 4.02. The first kappa shape index (κ1) is 13.1. The van der Waals surface area contributed by atoms with Crippen molar-refractivity contribution in [1.82, 2.24) is 5.32 Å². The van der Waals surface area contributed by atoms with Gasteiger partial charge in [-0.2, -0.15) is 0 Å². The predicted octanol–water partition coefficient (Wildman–Crippen LogP) is 2.76. The minimum atomic E-state index is -0.775. The zero-order valence-corrected chi connectivity index (χ0v) is 11.0. The first-order valence-corrected chi connectivity index (χ1v) is 6.63. The van der Waals surface area contributed by atoms with Crippen LogP contribution in [0.2, 0.25) is 0 Å². The molecule has 98 valence electrons. The molecule has 1 aromatic rings. The minimum Gasteiger partial charge on any atom is -0.481 e. The van der Waals surface area contributed by atoms with Crippen molar-refractivity contribution in [3.8, 4) is 0 Å². The van der Waals surface area contributed by atoms with Crippen molar-refractivity contribution in [1.29, 1.82) is 0 Å². The van der Waals surface area contributed by atoms with Crippen LogP contribution in [0.4, 0.5) is 0 Å². The molecule has 3 nitrogen and oxygen atoms in total. The van der Waals surface area contributed by atoms with Crippen molar-refractivity contribution in [3.05, 3.63) is 35.4 Å². The monoisotopic (exact) mass is 247 g/mol. The summed E-state index contributed by atoms with van der Waals surface area (Å²) in [4.78, 5) is 10.9. The summed E-state index contributed by atoms with van der Waals surface area (Å²) < 4.78 is 0. The average molecular weight is 247 g/mol. The topological polar surface area (TPSA) is 49.3 Å². The van der Waals surface area contributed by atoms with E-state index in [-0.39, 0.29) is 0 Å². The molecule has 2 unspecified atom stereocenters. The minimum absolute atomic E-state index is 0.433. The van der Waals surface area contributed by atoms with Gasteiger partial charge >= 0.3 is 5.97 Å². The summed E-state index contributed by atoms with van der Waals surface area (Å²) >= 11 is 0. The number of hydrogen-bond donors (Lipinski definition) is 2. The van der Waals surface area contributed by atoms with E-state index in [1.807, 2.05) is 24.3 Å². The number of nitrogens with one attached hydrogen (secondary N) is 1. The normalized spacial score (nSPS) is 18.3. The third-order valence-corrected chi connectivity index (χ3v) is 3.81. The van der Waals surface area contributed by atoms with Crippen LogP contribution in [0.3, 0.4) is 0 Å². The van der Waals surface area contributed by atoms with Crippen LogP contribution in [-0.2, 0) is 11.3 Å². The van der Waals surface area contributed by atoms with E-state index in [4.69, 9.17) is 5.11 Å². The second-order valence-corrected chi connectivity index (χ2v) is 5.31. The van der Waals surface area contributed by atoms with Gasteiger partial charge < -0.3 is 10.4 Å². The van der Waals surface area contributed by atoms with Crippen molar-refractivity contribution >= 4 is 5.97 Å². The van der Waals surface area contributed by atoms with E-state index in [9.17, 15) is 4.79 Å². The number of carboxylic acid groups (broad SMARTS) is 1. The summed E-state index contributed by atoms with van der Waals surface area (Å²) in [6.07, 6.45) is 2.70. The second-order valence-electron chi connectivity index (χ2n) is 5.31. The van der Waals surface area contributed by atoms with Crippen LogP contribution in [0, 0.1) is 5.92 Å². The second kappa shape index (κ2) is 5.53. The van der Waals surface area contributed by atoms with Gasteiger partial charge in [0.15, 0.2) is 0 Å². The van der Waals surface area contributed by atoms with Gasteiger partial charge in [-0.3, -0.25) is 4.79 Å². The van der Waals surface area contributed by atoms with Crippen molar-refractivity contribution in [2.75, 3.05) is 0 Å². The highest BCUT2D eigenvalue weighted by Crippen LogP contribution is 2.32. The highest BCUT2D eigenvalue weighted by Gasteiger charge is 2.27. The fraction of sp³-hybridized carbons (Fsp3) is 0.533. The molecule has 0 aliphatic heterocycles. The summed E-state index contributed by atoms with van der Waals surface area (Å²) in [7, 11) is 0. The van der Waals surface area contributed by atoms with Gasteiger partial charge in [0.05, 0.1) is 5.92 Å². The van der Waals surface area contributed by atoms with E-state index >= 15 is 0 Å². The number of aliphatic carboxylic acids is 1. The third-order valence-electron chi connectivity index (χ3n) is 3.81. The Morgan fingerprint density at radius 2 is 1.94 bits per heavy atom. The first-order chi connectivity index (χ1) is 8.58. The van der Waals surface area contributed by atoms with E-state index < -0.39 is 11.9 Å². The molecule has 2 rings (SSSR count). The van der Waals surface area contributed by atoms with Gasteiger partial charge in [-0.15, -0.1) is 0 Å². The smallest absolute Gasteiger partial charge is 0.310 e. The Hall–Kier alpha value is -1.35. The molecule has 2 atom stereocenters. The number of carbonyl (C=O) groups is 1. The fourth-order valence-electron chi connectivity index (χ4n) is 2.11. The molecule has 1 aliphatic rings. The maximum absolute atomic E-state index is 10.9. The molecule has 1 fully saturated rings. The lowest BCUT2D eigenvalue weighted by molar-refractivity contribution is -0.138. The fourth-order valence-corrected chi connectivity index (χ4v) is 2.11. The van der Waals surface area contributed by atoms with Gasteiger partial charge in [-0.1, -0.05) is 24.3 Å². The molecule has 0 radical (unpaired) electrons. The standard InChI is InChI=1S/C15H21NO2/c1-10(15(17)18)13-5-3-12(4-6-13)9-16-11(2)14-7-8-14/h3-6,10-11,14,16H,7-9H2,1-2H3,(H,17,18). The Balaban J connectivity index is 1.88. The molecule has 0 spiro atoms. The maximum Gasteiger partial charge on any atom is 0.310 e. The van der Waals surface area contributed by atoms with Crippen molar-refractivity contribution in [3.63, 3.8) is 0 Å². The quantitative estimate of drug-likeness (QED) is 0.812. The van der Waals surface area contributed by atoms with Crippen LogP contribution in [0.25, 0.3) is 0 Å². The first-order valence-electron chi connectivity index (χ1n) is 6.63. The van der Waals surface area contributed by atoms with E-state index in [1.165, 1.54) is 18.4 Å². The molecule has 18 heavy (non-hydrogen) atoms. The lowest BCUT2D eigenvalue weighted by Crippen LogP contribution is -2.27. The van der Waals surface area contributed by atoms with Crippen LogP contribution in [-0.4, -0.2) is 17.1 Å². The molecular weight excluding hydrogens is 226 g/mol. The van der Waals surface area contributed by atoms with Gasteiger partial charge in [0.25, 0.3) is 0 Å². The molecule has 0 bridgehead atoms. The average Bonchev–Trinajstić information content (AvgIpc) is 3.20. The predicted molar refractivity (Wildman–Crippen MR) is 71.5 cm³/mol. The van der Waals surface area contributed by atoms with E-state index in [1.54, 1.807) is 6.92 Å². The van der Waals surface area contributed by atoms with Gasteiger partial charge in [-0.25, -0.2) is 0 Å². The molecule has 0 aromatic heterocycles. The van der Waals surface area contributed by atoms with Gasteiger partial charge in [-0.05, 0) is 43.7 Å². The molecule has 2 N–H and O–H groups in total. The SMILES string of the molecule is CC(C(=O)O)c1ccc(CNC(C)C2CC2)cc1. The van der Waals surface area contributed by atoms with Crippen LogP contribution >= 0.6 is 0 Å². The Labute approximate surface area is 108 Å². The molecule has 0 saturated heterocycles. The van der Waals surface area contributed by atoms with Crippen LogP contribution < -0.4 is 5.32 Å². The molecule has 3 heteroatoms. The number of hydrogen-bond acceptors (Lipinski definition) is 2. The third kappa shape index (κ3) is 3.33. The Morgan fingerprint density at radius 3 is 2.44 bits per heavy atom. The van der Waals surface area contributed by atoms with Crippen molar-refractivity contribution in [2.45, 2.75) is 45.2 Å². The molecule has 1 aliphatic carbocycles. The highest BCUT2D eigenvalue weighted by atomic mass is 16.4. The van der Waals surface area contributed by atoms with Crippen molar-refractivity contribution in [2.24, 2.45) is 5.92 Å². The lowest BCUT2D eigenvalue weighted by atomic mass is 10.00. The van der Waals surface area contributed by atoms with E-state index in [0.717, 1.165) is 18.0 Å². The molecule has 0 amide bonds. The largest absolute Gasteiger partial charge is 0.481 e. The zero-order valence-electron chi connectivity index (χ0n) is 11.0. The lowest BCUT2D eigenvalue weighted by Gasteiger charge is -2.13. The summed E-state index contributed by atoms with van der Waals surface area (Å²) in [5, 5.41) is 12.5. The summed E-state index contributed by atoms with van der Waals surface area (Å²) in [5.41, 5.74) is 2.07. The highest BCUT2D eigenvalue weighted by molar-refractivity contribution is 5.75. The molecule has 1 aromatic carbocycles. The molecule has 0 heterocycles. The Bertz CT molecular complexity index is 409. The van der Waals surface area contributed by atoms with E-state index in [0.29, 0.717) is 6.04 Å². The summed E-state index contributed by atoms with van der Waals surface area (Å²) in [5.74, 6) is -0.350. The van der Waals surface area contributed by atoms with Crippen LogP contribution in [0.15, 0.2) is 24.3 Å². The summed E-state index contributed by atoms with van der Waals surface area (Å²) in [6, 6.07) is 8.44. The van der Waals surface area contributed by atoms with Gasteiger partial charge in [0.1, 0.15) is 0 Å². The number of benzene rings is 1. The van der Waals surface area contributed by atoms with Gasteiger partial charge in [0.2, 0.25) is 0 Å². The summed E-state index contributed by atoms with van der Waals surface area (Å²) in [6.45, 7) is 4.81. The number of rotatable bonds is 6. The van der Waals surface area contributed by atoms with Crippen LogP contribution in [0.5, 0.6) is 0 Å². The van der Waals surface area contributed by atoms with Gasteiger partial charge in [0, 0.05) is 12.6 Å². The zero-order chi connectivity index (χ0) is 13.1. The number of carboxylic acids is 1. The molecular formula is C15H21NO2.